The van der Waals surface area contributed by atoms with Crippen LogP contribution in [0.4, 0.5) is 0 Å². The van der Waals surface area contributed by atoms with Gasteiger partial charge in [-0.2, -0.15) is 0 Å². The molecule has 1 heterocycles. The van der Waals surface area contributed by atoms with E-state index in [0.717, 1.165) is 6.42 Å². The van der Waals surface area contributed by atoms with Gasteiger partial charge >= 0.3 is 0 Å². The number of rotatable bonds is 0. The van der Waals surface area contributed by atoms with E-state index in [-0.39, 0.29) is 0 Å². The fourth-order valence-corrected chi connectivity index (χ4v) is 2.10. The van der Waals surface area contributed by atoms with Gasteiger partial charge in [0, 0.05) is 0 Å². The standard InChI is InChI=1S/C13H10B2/c1-9-6-7-12-13(8-9)15-11-5-3-2-4-10(11)14-12/h2-5,7-8H,1,6H2. The average Bonchev–Trinajstić information content (AvgIpc) is 2.26. The molecular formula is C13H10B2. The summed E-state index contributed by atoms with van der Waals surface area (Å²) < 4.78 is 0. The molecule has 2 aliphatic rings. The van der Waals surface area contributed by atoms with Gasteiger partial charge in [-0.05, 0) is 6.42 Å². The third-order valence-corrected chi connectivity index (χ3v) is 2.90. The molecule has 1 aromatic carbocycles. The van der Waals surface area contributed by atoms with Crippen LogP contribution in [0.25, 0.3) is 0 Å². The highest BCUT2D eigenvalue weighted by Crippen LogP contribution is 2.21. The van der Waals surface area contributed by atoms with Crippen LogP contribution in [-0.2, 0) is 0 Å². The molecule has 0 aromatic heterocycles. The summed E-state index contributed by atoms with van der Waals surface area (Å²) in [4.78, 5) is 0. The van der Waals surface area contributed by atoms with Crippen LogP contribution in [0.2, 0.25) is 0 Å². The molecule has 1 aromatic rings. The molecule has 15 heavy (non-hydrogen) atoms. The number of benzene rings is 1. The van der Waals surface area contributed by atoms with Crippen molar-refractivity contribution >= 4 is 25.5 Å². The maximum atomic E-state index is 4.01. The number of hydrogen-bond donors (Lipinski definition) is 0. The zero-order chi connectivity index (χ0) is 10.3. The molecule has 0 spiro atoms. The Kier molecular flexibility index (Phi) is 1.95. The predicted molar refractivity (Wildman–Crippen MR) is 67.1 cm³/mol. The van der Waals surface area contributed by atoms with E-state index in [0.29, 0.717) is 0 Å². The normalized spacial score (nSPS) is 17.7. The zero-order valence-corrected chi connectivity index (χ0v) is 8.53. The maximum Gasteiger partial charge on any atom is 0.189 e. The van der Waals surface area contributed by atoms with Crippen molar-refractivity contribution < 1.29 is 0 Å². The summed E-state index contributed by atoms with van der Waals surface area (Å²) in [6.07, 6.45) is 5.41. The summed E-state index contributed by atoms with van der Waals surface area (Å²) in [6, 6.07) is 8.48. The van der Waals surface area contributed by atoms with Gasteiger partial charge < -0.3 is 0 Å². The molecule has 1 aliphatic heterocycles. The predicted octanol–water partition coefficient (Wildman–Crippen LogP) is 1.09. The molecule has 0 N–H and O–H groups in total. The van der Waals surface area contributed by atoms with Gasteiger partial charge in [0.2, 0.25) is 0 Å². The van der Waals surface area contributed by atoms with Crippen LogP contribution in [0.1, 0.15) is 6.42 Å². The van der Waals surface area contributed by atoms with Crippen LogP contribution in [0.15, 0.2) is 59.5 Å². The molecule has 0 nitrogen and oxygen atoms in total. The second kappa shape index (κ2) is 3.30. The Bertz CT molecular complexity index is 495. The van der Waals surface area contributed by atoms with Crippen LogP contribution in [-0.4, -0.2) is 14.6 Å². The monoisotopic (exact) mass is 188 g/mol. The van der Waals surface area contributed by atoms with Crippen LogP contribution in [0.3, 0.4) is 0 Å². The van der Waals surface area contributed by atoms with Crippen LogP contribution >= 0.6 is 0 Å². The molecular weight excluding hydrogens is 178 g/mol. The van der Waals surface area contributed by atoms with Crippen molar-refractivity contribution in [3.63, 3.8) is 0 Å². The lowest BCUT2D eigenvalue weighted by molar-refractivity contribution is 1.26. The first-order chi connectivity index (χ1) is 7.33. The molecule has 3 rings (SSSR count). The van der Waals surface area contributed by atoms with Crippen LogP contribution < -0.4 is 10.9 Å². The first-order valence-corrected chi connectivity index (χ1v) is 5.21. The van der Waals surface area contributed by atoms with E-state index in [1.165, 1.54) is 27.4 Å². The van der Waals surface area contributed by atoms with Gasteiger partial charge in [0.1, 0.15) is 0 Å². The summed E-state index contributed by atoms with van der Waals surface area (Å²) in [6.45, 7) is 4.01. The number of fused-ring (bicyclic) bond motifs is 2. The summed E-state index contributed by atoms with van der Waals surface area (Å²) in [7, 11) is 4.50. The molecule has 0 amide bonds. The van der Waals surface area contributed by atoms with Crippen molar-refractivity contribution in [3.05, 3.63) is 59.5 Å². The van der Waals surface area contributed by atoms with E-state index in [9.17, 15) is 0 Å². The van der Waals surface area contributed by atoms with E-state index < -0.39 is 0 Å². The smallest absolute Gasteiger partial charge is 0.0955 e. The molecule has 1 aliphatic carbocycles. The lowest BCUT2D eigenvalue weighted by Gasteiger charge is -2.23. The topological polar surface area (TPSA) is 0 Å². The van der Waals surface area contributed by atoms with Crippen molar-refractivity contribution in [3.8, 4) is 0 Å². The van der Waals surface area contributed by atoms with Crippen molar-refractivity contribution in [1.82, 2.24) is 0 Å². The lowest BCUT2D eigenvalue weighted by atomic mass is 9.40. The van der Waals surface area contributed by atoms with E-state index >= 15 is 0 Å². The third kappa shape index (κ3) is 1.50. The highest BCUT2D eigenvalue weighted by Gasteiger charge is 2.20. The van der Waals surface area contributed by atoms with Gasteiger partial charge in [0.05, 0.1) is 0 Å². The Morgan fingerprint density at radius 3 is 2.40 bits per heavy atom. The maximum absolute atomic E-state index is 4.01. The Balaban J connectivity index is 2.07. The van der Waals surface area contributed by atoms with Gasteiger partial charge in [-0.25, -0.2) is 0 Å². The number of hydrogen-bond acceptors (Lipinski definition) is 0. The van der Waals surface area contributed by atoms with Gasteiger partial charge in [0.15, 0.2) is 14.6 Å². The largest absolute Gasteiger partial charge is 0.189 e. The molecule has 0 unspecified atom stereocenters. The van der Waals surface area contributed by atoms with Crippen LogP contribution in [0.5, 0.6) is 0 Å². The fraction of sp³-hybridized carbons (Fsp3) is 0.0769. The highest BCUT2D eigenvalue weighted by molar-refractivity contribution is 6.81. The molecule has 2 heteroatoms. The van der Waals surface area contributed by atoms with E-state index in [4.69, 9.17) is 0 Å². The molecule has 0 atom stereocenters. The van der Waals surface area contributed by atoms with Crippen molar-refractivity contribution in [2.75, 3.05) is 0 Å². The fourth-order valence-electron chi connectivity index (χ4n) is 2.10. The summed E-state index contributed by atoms with van der Waals surface area (Å²) in [5.41, 5.74) is 6.44. The van der Waals surface area contributed by atoms with Crippen LogP contribution in [0, 0.1) is 0 Å². The second-order valence-corrected chi connectivity index (χ2v) is 4.04. The first-order valence-electron chi connectivity index (χ1n) is 5.21. The Morgan fingerprint density at radius 1 is 1.00 bits per heavy atom. The molecule has 0 saturated heterocycles. The summed E-state index contributed by atoms with van der Waals surface area (Å²) >= 11 is 0. The minimum atomic E-state index is 0.978. The Hall–Kier alpha value is -1.43. The molecule has 0 bridgehead atoms. The van der Waals surface area contributed by atoms with Gasteiger partial charge in [-0.15, -0.1) is 0 Å². The number of allylic oxidation sites excluding steroid dienone is 5. The SMILES string of the molecule is C=C1C=C2[B]c3ccccc3[B]C2=CC1. The minimum absolute atomic E-state index is 0.978. The Labute approximate surface area is 91.9 Å². The molecule has 0 saturated carbocycles. The minimum Gasteiger partial charge on any atom is -0.0955 e. The van der Waals surface area contributed by atoms with Crippen molar-refractivity contribution in [2.24, 2.45) is 0 Å². The van der Waals surface area contributed by atoms with E-state index in [1.54, 1.807) is 0 Å². The highest BCUT2D eigenvalue weighted by atomic mass is 14.1. The van der Waals surface area contributed by atoms with E-state index in [1.807, 2.05) is 0 Å². The van der Waals surface area contributed by atoms with Crippen molar-refractivity contribution in [1.29, 1.82) is 0 Å². The average molecular weight is 188 g/mol. The second-order valence-electron chi connectivity index (χ2n) is 4.04. The Morgan fingerprint density at radius 2 is 1.67 bits per heavy atom. The zero-order valence-electron chi connectivity index (χ0n) is 8.53. The molecule has 68 valence electrons. The first kappa shape index (κ1) is 8.84. The lowest BCUT2D eigenvalue weighted by Crippen LogP contribution is -2.43. The van der Waals surface area contributed by atoms with Crippen molar-refractivity contribution in [2.45, 2.75) is 6.42 Å². The molecule has 2 radical (unpaired) electrons. The summed E-state index contributed by atoms with van der Waals surface area (Å²) in [5.74, 6) is 0. The van der Waals surface area contributed by atoms with Gasteiger partial charge in [-0.3, -0.25) is 0 Å². The van der Waals surface area contributed by atoms with Gasteiger partial charge in [0.25, 0.3) is 0 Å². The van der Waals surface area contributed by atoms with E-state index in [2.05, 4.69) is 57.6 Å². The quantitative estimate of drug-likeness (QED) is 0.534. The molecule has 0 fully saturated rings. The van der Waals surface area contributed by atoms with Gasteiger partial charge in [-0.1, -0.05) is 70.4 Å². The summed E-state index contributed by atoms with van der Waals surface area (Å²) in [5, 5.41) is 0. The third-order valence-electron chi connectivity index (χ3n) is 2.90.